The number of carbonyl (C=O) groups excluding carboxylic acids is 1. The van der Waals surface area contributed by atoms with Gasteiger partial charge in [0.05, 0.1) is 17.6 Å². The van der Waals surface area contributed by atoms with Crippen molar-refractivity contribution in [3.63, 3.8) is 0 Å². The van der Waals surface area contributed by atoms with E-state index in [0.29, 0.717) is 12.2 Å². The van der Waals surface area contributed by atoms with Gasteiger partial charge in [0.25, 0.3) is 0 Å². The average molecular weight is 439 g/mol. The molecule has 0 aliphatic carbocycles. The van der Waals surface area contributed by atoms with E-state index in [0.717, 1.165) is 29.8 Å². The number of ether oxygens (including phenoxy) is 1. The summed E-state index contributed by atoms with van der Waals surface area (Å²) in [6, 6.07) is 7.46. The first-order valence-electron chi connectivity index (χ1n) is 12.8. The monoisotopic (exact) mass is 438 g/mol. The SMILES string of the molecule is CCCCCCCCCCCCCCc1cnc(-c2ccc(OC(=O)CCC)cc2)cn1. The molecule has 0 radical (unpaired) electrons. The fourth-order valence-electron chi connectivity index (χ4n) is 3.86. The van der Waals surface area contributed by atoms with Gasteiger partial charge in [-0.2, -0.15) is 0 Å². The summed E-state index contributed by atoms with van der Waals surface area (Å²) in [6.07, 6.45) is 22.3. The molecule has 0 saturated carbocycles. The Balaban J connectivity index is 1.58. The second-order valence-electron chi connectivity index (χ2n) is 8.78. The number of nitrogens with zero attached hydrogens (tertiary/aromatic N) is 2. The standard InChI is InChI=1S/C28H42N2O2/c1-3-5-6-7-8-9-10-11-12-13-14-15-17-25-22-30-27(23-29-25)24-18-20-26(21-19-24)32-28(31)16-4-2/h18-23H,3-17H2,1-2H3. The van der Waals surface area contributed by atoms with E-state index in [1.165, 1.54) is 77.0 Å². The zero-order valence-corrected chi connectivity index (χ0v) is 20.3. The molecule has 4 nitrogen and oxygen atoms in total. The summed E-state index contributed by atoms with van der Waals surface area (Å²) in [4.78, 5) is 20.8. The van der Waals surface area contributed by atoms with Gasteiger partial charge in [-0.15, -0.1) is 0 Å². The number of hydrogen-bond acceptors (Lipinski definition) is 4. The Labute approximate surface area is 195 Å². The van der Waals surface area contributed by atoms with Crippen molar-refractivity contribution in [3.05, 3.63) is 42.4 Å². The minimum Gasteiger partial charge on any atom is -0.427 e. The van der Waals surface area contributed by atoms with Gasteiger partial charge in [-0.1, -0.05) is 84.5 Å². The highest BCUT2D eigenvalue weighted by molar-refractivity contribution is 5.72. The van der Waals surface area contributed by atoms with Crippen LogP contribution in [0, 0.1) is 0 Å². The van der Waals surface area contributed by atoms with Crippen molar-refractivity contribution in [2.75, 3.05) is 0 Å². The molecule has 0 unspecified atom stereocenters. The molecule has 0 fully saturated rings. The van der Waals surface area contributed by atoms with E-state index >= 15 is 0 Å². The molecular formula is C28H42N2O2. The van der Waals surface area contributed by atoms with Crippen LogP contribution >= 0.6 is 0 Å². The lowest BCUT2D eigenvalue weighted by Gasteiger charge is -2.06. The smallest absolute Gasteiger partial charge is 0.311 e. The van der Waals surface area contributed by atoms with Crippen LogP contribution in [0.5, 0.6) is 5.75 Å². The first-order chi connectivity index (χ1) is 15.7. The fourth-order valence-corrected chi connectivity index (χ4v) is 3.86. The number of carbonyl (C=O) groups is 1. The second kappa shape index (κ2) is 16.4. The summed E-state index contributed by atoms with van der Waals surface area (Å²) in [5.74, 6) is 0.381. The molecule has 0 N–H and O–H groups in total. The zero-order valence-electron chi connectivity index (χ0n) is 20.3. The molecule has 4 heteroatoms. The van der Waals surface area contributed by atoms with Gasteiger partial charge >= 0.3 is 5.97 Å². The fraction of sp³-hybridized carbons (Fsp3) is 0.607. The predicted molar refractivity (Wildman–Crippen MR) is 133 cm³/mol. The van der Waals surface area contributed by atoms with Crippen molar-refractivity contribution >= 4 is 5.97 Å². The van der Waals surface area contributed by atoms with E-state index in [2.05, 4.69) is 16.9 Å². The summed E-state index contributed by atoms with van der Waals surface area (Å²) in [7, 11) is 0. The molecule has 2 rings (SSSR count). The van der Waals surface area contributed by atoms with Gasteiger partial charge in [0.15, 0.2) is 0 Å². The van der Waals surface area contributed by atoms with Crippen molar-refractivity contribution < 1.29 is 9.53 Å². The summed E-state index contributed by atoms with van der Waals surface area (Å²) in [6.45, 7) is 4.24. The van der Waals surface area contributed by atoms with Gasteiger partial charge in [-0.25, -0.2) is 0 Å². The number of esters is 1. The largest absolute Gasteiger partial charge is 0.427 e. The molecule has 0 saturated heterocycles. The first kappa shape index (κ1) is 26.0. The Hall–Kier alpha value is -2.23. The van der Waals surface area contributed by atoms with Crippen molar-refractivity contribution in [1.29, 1.82) is 0 Å². The summed E-state index contributed by atoms with van der Waals surface area (Å²) >= 11 is 0. The number of hydrogen-bond donors (Lipinski definition) is 0. The van der Waals surface area contributed by atoms with Crippen LogP contribution < -0.4 is 4.74 Å². The normalized spacial score (nSPS) is 10.9. The van der Waals surface area contributed by atoms with Crippen LogP contribution in [0.1, 0.15) is 109 Å². The maximum absolute atomic E-state index is 11.6. The number of aromatic nitrogens is 2. The number of rotatable bonds is 17. The maximum atomic E-state index is 11.6. The molecule has 32 heavy (non-hydrogen) atoms. The lowest BCUT2D eigenvalue weighted by molar-refractivity contribution is -0.134. The van der Waals surface area contributed by atoms with Crippen LogP contribution in [0.25, 0.3) is 11.3 Å². The molecule has 0 spiro atoms. The molecular weight excluding hydrogens is 396 g/mol. The molecule has 176 valence electrons. The second-order valence-corrected chi connectivity index (χ2v) is 8.78. The predicted octanol–water partition coefficient (Wildman–Crippen LogP) is 8.09. The molecule has 1 aromatic carbocycles. The molecule has 1 heterocycles. The van der Waals surface area contributed by atoms with Crippen LogP contribution in [0.4, 0.5) is 0 Å². The third kappa shape index (κ3) is 10.9. The average Bonchev–Trinajstić information content (AvgIpc) is 2.81. The van der Waals surface area contributed by atoms with Crippen LogP contribution in [-0.4, -0.2) is 15.9 Å². The molecule has 0 atom stereocenters. The summed E-state index contributed by atoms with van der Waals surface area (Å²) in [5, 5.41) is 0. The van der Waals surface area contributed by atoms with Gasteiger partial charge in [-0.3, -0.25) is 14.8 Å². The highest BCUT2D eigenvalue weighted by Gasteiger charge is 2.05. The Morgan fingerprint density at radius 1 is 0.719 bits per heavy atom. The Morgan fingerprint density at radius 2 is 1.31 bits per heavy atom. The first-order valence-corrected chi connectivity index (χ1v) is 12.8. The highest BCUT2D eigenvalue weighted by Crippen LogP contribution is 2.21. The topological polar surface area (TPSA) is 52.1 Å². The minimum atomic E-state index is -0.192. The summed E-state index contributed by atoms with van der Waals surface area (Å²) in [5.41, 5.74) is 2.88. The van der Waals surface area contributed by atoms with Crippen molar-refractivity contribution in [2.24, 2.45) is 0 Å². The number of aryl methyl sites for hydroxylation is 1. The van der Waals surface area contributed by atoms with E-state index in [9.17, 15) is 4.79 Å². The van der Waals surface area contributed by atoms with Crippen molar-refractivity contribution in [2.45, 2.75) is 110 Å². The Morgan fingerprint density at radius 3 is 1.84 bits per heavy atom. The third-order valence-electron chi connectivity index (χ3n) is 5.83. The van der Waals surface area contributed by atoms with Gasteiger partial charge in [0.2, 0.25) is 0 Å². The van der Waals surface area contributed by atoms with E-state index in [1.54, 1.807) is 0 Å². The maximum Gasteiger partial charge on any atom is 0.311 e. The van der Waals surface area contributed by atoms with Crippen LogP contribution in [0.15, 0.2) is 36.7 Å². The van der Waals surface area contributed by atoms with E-state index in [4.69, 9.17) is 4.74 Å². The quantitative estimate of drug-likeness (QED) is 0.142. The minimum absolute atomic E-state index is 0.192. The van der Waals surface area contributed by atoms with Crippen molar-refractivity contribution in [3.8, 4) is 17.0 Å². The summed E-state index contributed by atoms with van der Waals surface area (Å²) < 4.78 is 5.30. The molecule has 1 aromatic heterocycles. The van der Waals surface area contributed by atoms with Gasteiger partial charge in [-0.05, 0) is 43.5 Å². The molecule has 2 aromatic rings. The number of unbranched alkanes of at least 4 members (excludes halogenated alkanes) is 11. The molecule has 0 bridgehead atoms. The van der Waals surface area contributed by atoms with E-state index < -0.39 is 0 Å². The Kier molecular flexibility index (Phi) is 13.3. The van der Waals surface area contributed by atoms with Gasteiger partial charge in [0, 0.05) is 18.2 Å². The Bertz CT molecular complexity index is 741. The van der Waals surface area contributed by atoms with Crippen LogP contribution in [-0.2, 0) is 11.2 Å². The zero-order chi connectivity index (χ0) is 22.9. The van der Waals surface area contributed by atoms with Crippen LogP contribution in [0.3, 0.4) is 0 Å². The lowest BCUT2D eigenvalue weighted by atomic mass is 10.0. The lowest BCUT2D eigenvalue weighted by Crippen LogP contribution is -2.06. The van der Waals surface area contributed by atoms with Crippen molar-refractivity contribution in [1.82, 2.24) is 9.97 Å². The molecule has 0 aliphatic rings. The molecule has 0 aliphatic heterocycles. The molecule has 0 amide bonds. The van der Waals surface area contributed by atoms with E-state index in [-0.39, 0.29) is 5.97 Å². The van der Waals surface area contributed by atoms with E-state index in [1.807, 2.05) is 43.6 Å². The number of benzene rings is 1. The highest BCUT2D eigenvalue weighted by atomic mass is 16.5. The van der Waals surface area contributed by atoms with Gasteiger partial charge in [0.1, 0.15) is 5.75 Å². The van der Waals surface area contributed by atoms with Crippen LogP contribution in [0.2, 0.25) is 0 Å². The van der Waals surface area contributed by atoms with Gasteiger partial charge < -0.3 is 4.74 Å². The third-order valence-corrected chi connectivity index (χ3v) is 5.83.